The number of rotatable bonds is 6. The maximum atomic E-state index is 13.0. The summed E-state index contributed by atoms with van der Waals surface area (Å²) in [5.74, 6) is -0.883. The van der Waals surface area contributed by atoms with Crippen molar-refractivity contribution in [3.05, 3.63) is 69.9 Å². The summed E-state index contributed by atoms with van der Waals surface area (Å²) in [4.78, 5) is 43.7. The van der Waals surface area contributed by atoms with Crippen LogP contribution in [0.3, 0.4) is 0 Å². The Morgan fingerprint density at radius 2 is 2.04 bits per heavy atom. The van der Waals surface area contributed by atoms with Gasteiger partial charge < -0.3 is 10.6 Å². The Hall–Kier alpha value is -3.04. The van der Waals surface area contributed by atoms with Gasteiger partial charge >= 0.3 is 6.03 Å². The van der Waals surface area contributed by atoms with Gasteiger partial charge in [0.2, 0.25) is 5.91 Å². The number of hydrogen-bond acceptors (Lipinski definition) is 6. The monoisotopic (exact) mass is 412 g/mol. The van der Waals surface area contributed by atoms with Crippen LogP contribution >= 0.6 is 22.7 Å². The van der Waals surface area contributed by atoms with Gasteiger partial charge in [0.25, 0.3) is 5.91 Å². The summed E-state index contributed by atoms with van der Waals surface area (Å²) in [5.41, 5.74) is 1.56. The highest BCUT2D eigenvalue weighted by atomic mass is 32.1. The minimum atomic E-state index is -0.984. The number of carbonyl (C=O) groups is 3. The van der Waals surface area contributed by atoms with Gasteiger partial charge in [0.1, 0.15) is 12.1 Å². The fourth-order valence-corrected chi connectivity index (χ4v) is 4.28. The summed E-state index contributed by atoms with van der Waals surface area (Å²) < 4.78 is 0. The smallest absolute Gasteiger partial charge is 0.322 e. The average Bonchev–Trinajstić information content (AvgIpc) is 3.44. The van der Waals surface area contributed by atoms with Crippen molar-refractivity contribution >= 4 is 45.7 Å². The minimum Gasteiger partial charge on any atom is -0.322 e. The van der Waals surface area contributed by atoms with Crippen molar-refractivity contribution in [3.8, 4) is 0 Å². The van der Waals surface area contributed by atoms with Gasteiger partial charge in [-0.15, -0.1) is 11.3 Å². The number of amides is 4. The second-order valence-electron chi connectivity index (χ2n) is 6.18. The number of hydrogen-bond donors (Lipinski definition) is 2. The largest absolute Gasteiger partial charge is 0.325 e. The van der Waals surface area contributed by atoms with Crippen molar-refractivity contribution < 1.29 is 14.4 Å². The molecule has 3 heterocycles. The van der Waals surface area contributed by atoms with Crippen molar-refractivity contribution in [3.63, 3.8) is 0 Å². The van der Waals surface area contributed by atoms with Crippen LogP contribution in [0.1, 0.15) is 17.2 Å². The Morgan fingerprint density at radius 3 is 2.71 bits per heavy atom. The quantitative estimate of drug-likeness (QED) is 0.609. The first-order chi connectivity index (χ1) is 13.6. The van der Waals surface area contributed by atoms with E-state index in [2.05, 4.69) is 15.6 Å². The van der Waals surface area contributed by atoms with E-state index in [0.29, 0.717) is 10.7 Å². The molecule has 4 rings (SSSR count). The molecule has 2 N–H and O–H groups in total. The van der Waals surface area contributed by atoms with Crippen molar-refractivity contribution in [1.82, 2.24) is 15.2 Å². The fourth-order valence-electron chi connectivity index (χ4n) is 3.07. The summed E-state index contributed by atoms with van der Waals surface area (Å²) >= 11 is 2.71. The first-order valence-electron chi connectivity index (χ1n) is 8.53. The van der Waals surface area contributed by atoms with Crippen LogP contribution in [0.5, 0.6) is 0 Å². The average molecular weight is 412 g/mol. The van der Waals surface area contributed by atoms with Crippen LogP contribution in [-0.4, -0.2) is 33.8 Å². The Morgan fingerprint density at radius 1 is 1.21 bits per heavy atom. The van der Waals surface area contributed by atoms with E-state index in [9.17, 15) is 14.4 Å². The molecule has 0 radical (unpaired) electrons. The molecule has 0 aliphatic carbocycles. The molecule has 1 aromatic carbocycles. The van der Waals surface area contributed by atoms with Gasteiger partial charge in [-0.25, -0.2) is 14.7 Å². The summed E-state index contributed by atoms with van der Waals surface area (Å²) in [6, 6.07) is 8.75. The normalized spacial score (nSPS) is 17.4. The molecule has 0 bridgehead atoms. The molecule has 0 saturated carbocycles. The van der Waals surface area contributed by atoms with Crippen molar-refractivity contribution in [2.75, 3.05) is 5.32 Å². The van der Waals surface area contributed by atoms with E-state index in [0.717, 1.165) is 10.5 Å². The minimum absolute atomic E-state index is 0.216. The Kier molecular flexibility index (Phi) is 5.18. The number of nitrogens with zero attached hydrogens (tertiary/aromatic N) is 2. The van der Waals surface area contributed by atoms with Gasteiger partial charge in [-0.3, -0.25) is 9.59 Å². The first kappa shape index (κ1) is 18.3. The predicted molar refractivity (Wildman–Crippen MR) is 107 cm³/mol. The predicted octanol–water partition coefficient (Wildman–Crippen LogP) is 3.05. The highest BCUT2D eigenvalue weighted by Crippen LogP contribution is 2.27. The highest BCUT2D eigenvalue weighted by molar-refractivity contribution is 7.13. The lowest BCUT2D eigenvalue weighted by atomic mass is 10.0. The van der Waals surface area contributed by atoms with Crippen LogP contribution < -0.4 is 10.6 Å². The standard InChI is InChI=1S/C19H16N4O3S2/c24-16(22-18-20-7-9-28-18)14(10-12-4-2-1-3-5-12)23-17(25)15(21-19(23)26)13-6-8-27-11-13/h1-9,11,14-15H,10H2,(H,21,26)(H,20,22,24). The van der Waals surface area contributed by atoms with Crippen LogP contribution in [0.25, 0.3) is 0 Å². The molecule has 3 aromatic rings. The lowest BCUT2D eigenvalue weighted by Gasteiger charge is -2.24. The van der Waals surface area contributed by atoms with E-state index in [1.807, 2.05) is 41.1 Å². The molecule has 28 heavy (non-hydrogen) atoms. The number of imide groups is 1. The Labute approximate surface area is 169 Å². The van der Waals surface area contributed by atoms with Crippen molar-refractivity contribution in [2.45, 2.75) is 18.5 Å². The number of benzene rings is 1. The summed E-state index contributed by atoms with van der Waals surface area (Å²) in [6.45, 7) is 0. The molecule has 0 spiro atoms. The SMILES string of the molecule is O=C(Nc1nccs1)C(Cc1ccccc1)N1C(=O)NC(c2ccsc2)C1=O. The Bertz CT molecular complexity index is 974. The number of nitrogens with one attached hydrogen (secondary N) is 2. The summed E-state index contributed by atoms with van der Waals surface area (Å²) in [7, 11) is 0. The van der Waals surface area contributed by atoms with E-state index in [1.165, 1.54) is 22.7 Å². The van der Waals surface area contributed by atoms with Crippen LogP contribution in [0.15, 0.2) is 58.7 Å². The van der Waals surface area contributed by atoms with Gasteiger partial charge in [-0.05, 0) is 28.0 Å². The van der Waals surface area contributed by atoms with E-state index in [4.69, 9.17) is 0 Å². The zero-order chi connectivity index (χ0) is 19.5. The van der Waals surface area contributed by atoms with Crippen LogP contribution in [0.4, 0.5) is 9.93 Å². The van der Waals surface area contributed by atoms with Crippen molar-refractivity contribution in [2.24, 2.45) is 0 Å². The number of anilines is 1. The highest BCUT2D eigenvalue weighted by Gasteiger charge is 2.45. The maximum Gasteiger partial charge on any atom is 0.325 e. The van der Waals surface area contributed by atoms with E-state index < -0.39 is 29.9 Å². The number of carbonyl (C=O) groups excluding carboxylic acids is 3. The number of aromatic nitrogens is 1. The lowest BCUT2D eigenvalue weighted by Crippen LogP contribution is -2.49. The van der Waals surface area contributed by atoms with Crippen LogP contribution in [-0.2, 0) is 16.0 Å². The third-order valence-corrected chi connectivity index (χ3v) is 5.79. The van der Waals surface area contributed by atoms with Gasteiger partial charge in [-0.2, -0.15) is 11.3 Å². The topological polar surface area (TPSA) is 91.4 Å². The lowest BCUT2D eigenvalue weighted by molar-refractivity contribution is -0.134. The molecule has 2 unspecified atom stereocenters. The number of urea groups is 1. The number of thiazole rings is 1. The summed E-state index contributed by atoms with van der Waals surface area (Å²) in [5, 5.41) is 11.2. The fraction of sp³-hybridized carbons (Fsp3) is 0.158. The molecule has 2 aromatic heterocycles. The molecule has 4 amide bonds. The third-order valence-electron chi connectivity index (χ3n) is 4.40. The molecule has 1 aliphatic heterocycles. The van der Waals surface area contributed by atoms with Gasteiger partial charge in [-0.1, -0.05) is 30.3 Å². The molecule has 2 atom stereocenters. The van der Waals surface area contributed by atoms with Gasteiger partial charge in [0.05, 0.1) is 0 Å². The van der Waals surface area contributed by atoms with E-state index >= 15 is 0 Å². The zero-order valence-corrected chi connectivity index (χ0v) is 16.2. The molecular formula is C19H16N4O3S2. The molecule has 1 fully saturated rings. The maximum absolute atomic E-state index is 13.0. The number of thiophene rings is 1. The second-order valence-corrected chi connectivity index (χ2v) is 7.85. The molecule has 7 nitrogen and oxygen atoms in total. The van der Waals surface area contributed by atoms with E-state index in [1.54, 1.807) is 17.6 Å². The molecule has 1 saturated heterocycles. The second kappa shape index (κ2) is 7.91. The molecule has 1 aliphatic rings. The van der Waals surface area contributed by atoms with Crippen molar-refractivity contribution in [1.29, 1.82) is 0 Å². The Balaban J connectivity index is 1.63. The third kappa shape index (κ3) is 3.67. The van der Waals surface area contributed by atoms with Crippen LogP contribution in [0, 0.1) is 0 Å². The van der Waals surface area contributed by atoms with Gasteiger partial charge in [0.15, 0.2) is 5.13 Å². The van der Waals surface area contributed by atoms with E-state index in [-0.39, 0.29) is 6.42 Å². The molecule has 142 valence electrons. The van der Waals surface area contributed by atoms with Gasteiger partial charge in [0, 0.05) is 18.0 Å². The summed E-state index contributed by atoms with van der Waals surface area (Å²) in [6.07, 6.45) is 1.79. The van der Waals surface area contributed by atoms with Crippen LogP contribution in [0.2, 0.25) is 0 Å². The zero-order valence-electron chi connectivity index (χ0n) is 14.6. The molecule has 9 heteroatoms. The first-order valence-corrected chi connectivity index (χ1v) is 10.4. The molecular weight excluding hydrogens is 396 g/mol.